The molecule has 0 saturated carbocycles. The molecule has 0 N–H and O–H groups in total. The number of benzene rings is 2. The van der Waals surface area contributed by atoms with Crippen molar-refractivity contribution in [2.24, 2.45) is 4.99 Å². The fourth-order valence-electron chi connectivity index (χ4n) is 3.07. The maximum Gasteiger partial charge on any atom is 0.252 e. The van der Waals surface area contributed by atoms with Gasteiger partial charge in [0.15, 0.2) is 16.3 Å². The third-order valence-corrected chi connectivity index (χ3v) is 5.34. The number of nitrogens with zero attached hydrogens (tertiary/aromatic N) is 2. The van der Waals surface area contributed by atoms with E-state index in [0.29, 0.717) is 22.9 Å². The molecule has 3 aromatic rings. The van der Waals surface area contributed by atoms with Gasteiger partial charge in [-0.1, -0.05) is 17.4 Å². The quantitative estimate of drug-likeness (QED) is 0.675. The normalized spacial score (nSPS) is 13.3. The first-order chi connectivity index (χ1) is 13.2. The number of aryl methyl sites for hydroxylation is 1. The fraction of sp³-hybridized carbons (Fsp3) is 0.300. The Kier molecular flexibility index (Phi) is 4.85. The summed E-state index contributed by atoms with van der Waals surface area (Å²) in [5, 5.41) is 0. The first-order valence-electron chi connectivity index (χ1n) is 8.90. The van der Waals surface area contributed by atoms with Crippen LogP contribution >= 0.6 is 11.3 Å². The molecule has 1 aliphatic heterocycles. The lowest BCUT2D eigenvalue weighted by Gasteiger charge is -2.03. The summed E-state index contributed by atoms with van der Waals surface area (Å²) in [7, 11) is 0. The highest BCUT2D eigenvalue weighted by Crippen LogP contribution is 2.32. The van der Waals surface area contributed by atoms with Crippen molar-refractivity contribution >= 4 is 27.5 Å². The largest absolute Gasteiger partial charge is 0.494 e. The molecule has 0 unspecified atom stereocenters. The van der Waals surface area contributed by atoms with Crippen LogP contribution in [0.25, 0.3) is 10.2 Å². The summed E-state index contributed by atoms with van der Waals surface area (Å²) in [5.41, 5.74) is 1.91. The van der Waals surface area contributed by atoms with Crippen LogP contribution in [-0.2, 0) is 17.8 Å². The minimum Gasteiger partial charge on any atom is -0.494 e. The van der Waals surface area contributed by atoms with Crippen molar-refractivity contribution in [3.63, 3.8) is 0 Å². The van der Waals surface area contributed by atoms with Crippen LogP contribution < -0.4 is 19.0 Å². The monoisotopic (exact) mass is 384 g/mol. The molecule has 7 heteroatoms. The first kappa shape index (κ1) is 17.6. The maximum atomic E-state index is 12.5. The molecule has 2 aromatic carbocycles. The molecular weight excluding hydrogens is 364 g/mol. The number of carbonyl (C=O) groups is 1. The van der Waals surface area contributed by atoms with Crippen molar-refractivity contribution in [1.29, 1.82) is 0 Å². The summed E-state index contributed by atoms with van der Waals surface area (Å²) in [6, 6.07) is 11.5. The Bertz CT molecular complexity index is 1070. The number of fused-ring (bicyclic) bond motifs is 2. The summed E-state index contributed by atoms with van der Waals surface area (Å²) < 4.78 is 19.3. The van der Waals surface area contributed by atoms with E-state index >= 15 is 0 Å². The molecule has 140 valence electrons. The van der Waals surface area contributed by atoms with Gasteiger partial charge in [0.25, 0.3) is 5.91 Å². The van der Waals surface area contributed by atoms with Gasteiger partial charge in [0.05, 0.1) is 23.2 Å². The number of hydrogen-bond donors (Lipinski definition) is 0. The third-order valence-electron chi connectivity index (χ3n) is 4.29. The van der Waals surface area contributed by atoms with E-state index in [1.807, 2.05) is 54.8 Å². The van der Waals surface area contributed by atoms with E-state index in [-0.39, 0.29) is 19.1 Å². The summed E-state index contributed by atoms with van der Waals surface area (Å²) in [6.07, 6.45) is 0.221. The molecule has 0 radical (unpaired) electrons. The van der Waals surface area contributed by atoms with Crippen molar-refractivity contribution in [1.82, 2.24) is 4.57 Å². The van der Waals surface area contributed by atoms with Crippen LogP contribution in [0, 0.1) is 0 Å². The highest BCUT2D eigenvalue weighted by molar-refractivity contribution is 7.16. The lowest BCUT2D eigenvalue weighted by atomic mass is 10.1. The number of hydrogen-bond acceptors (Lipinski definition) is 5. The zero-order chi connectivity index (χ0) is 18.8. The van der Waals surface area contributed by atoms with E-state index in [1.54, 1.807) is 0 Å². The number of thiazole rings is 1. The number of aromatic nitrogens is 1. The molecule has 0 spiro atoms. The lowest BCUT2D eigenvalue weighted by molar-refractivity contribution is -0.117. The molecule has 1 aliphatic rings. The Morgan fingerprint density at radius 1 is 1.19 bits per heavy atom. The predicted molar refractivity (Wildman–Crippen MR) is 103 cm³/mol. The van der Waals surface area contributed by atoms with Crippen LogP contribution in [0.15, 0.2) is 41.4 Å². The molecule has 1 aromatic heterocycles. The maximum absolute atomic E-state index is 12.5. The van der Waals surface area contributed by atoms with Crippen LogP contribution in [0.3, 0.4) is 0 Å². The van der Waals surface area contributed by atoms with Crippen LogP contribution in [0.4, 0.5) is 0 Å². The number of amides is 1. The summed E-state index contributed by atoms with van der Waals surface area (Å²) >= 11 is 1.50. The van der Waals surface area contributed by atoms with E-state index in [0.717, 1.165) is 28.1 Å². The van der Waals surface area contributed by atoms with Crippen molar-refractivity contribution < 1.29 is 19.0 Å². The van der Waals surface area contributed by atoms with Gasteiger partial charge in [-0.15, -0.1) is 0 Å². The van der Waals surface area contributed by atoms with E-state index in [2.05, 4.69) is 4.99 Å². The van der Waals surface area contributed by atoms with Gasteiger partial charge < -0.3 is 18.8 Å². The average molecular weight is 384 g/mol. The Hall–Kier alpha value is -2.80. The van der Waals surface area contributed by atoms with Crippen molar-refractivity contribution in [3.05, 3.63) is 46.8 Å². The van der Waals surface area contributed by atoms with Gasteiger partial charge in [-0.05, 0) is 49.7 Å². The smallest absolute Gasteiger partial charge is 0.252 e. The minimum absolute atomic E-state index is 0.187. The molecule has 0 atom stereocenters. The van der Waals surface area contributed by atoms with Crippen LogP contribution in [0.5, 0.6) is 17.2 Å². The zero-order valence-electron chi connectivity index (χ0n) is 15.2. The Labute approximate surface area is 160 Å². The van der Waals surface area contributed by atoms with Crippen LogP contribution in [0.2, 0.25) is 0 Å². The Morgan fingerprint density at radius 3 is 2.85 bits per heavy atom. The molecule has 1 amide bonds. The van der Waals surface area contributed by atoms with Gasteiger partial charge >= 0.3 is 0 Å². The number of rotatable bonds is 5. The predicted octanol–water partition coefficient (Wildman–Crippen LogP) is 3.52. The molecule has 2 heterocycles. The van der Waals surface area contributed by atoms with Gasteiger partial charge in [0, 0.05) is 6.54 Å². The second kappa shape index (κ2) is 7.44. The number of carbonyl (C=O) groups excluding carboxylic acids is 1. The highest BCUT2D eigenvalue weighted by Gasteiger charge is 2.15. The molecular formula is C20H20N2O4S. The van der Waals surface area contributed by atoms with Crippen LogP contribution in [0.1, 0.15) is 19.4 Å². The Balaban J connectivity index is 1.63. The molecule has 4 rings (SSSR count). The van der Waals surface area contributed by atoms with Gasteiger partial charge in [0.1, 0.15) is 5.75 Å². The van der Waals surface area contributed by atoms with Crippen LogP contribution in [-0.4, -0.2) is 23.9 Å². The van der Waals surface area contributed by atoms with E-state index in [9.17, 15) is 4.79 Å². The second-order valence-electron chi connectivity index (χ2n) is 6.06. The lowest BCUT2D eigenvalue weighted by Crippen LogP contribution is -2.16. The molecule has 27 heavy (non-hydrogen) atoms. The first-order valence-corrected chi connectivity index (χ1v) is 9.72. The van der Waals surface area contributed by atoms with Crippen molar-refractivity contribution in [2.75, 3.05) is 13.4 Å². The third kappa shape index (κ3) is 3.55. The van der Waals surface area contributed by atoms with Gasteiger partial charge in [-0.3, -0.25) is 4.79 Å². The second-order valence-corrected chi connectivity index (χ2v) is 7.07. The summed E-state index contributed by atoms with van der Waals surface area (Å²) in [5.74, 6) is 2.02. The van der Waals surface area contributed by atoms with Gasteiger partial charge in [-0.2, -0.15) is 4.99 Å². The molecule has 0 bridgehead atoms. The van der Waals surface area contributed by atoms with E-state index in [1.165, 1.54) is 11.3 Å². The topological polar surface area (TPSA) is 62.1 Å². The summed E-state index contributed by atoms with van der Waals surface area (Å²) in [6.45, 7) is 5.59. The van der Waals surface area contributed by atoms with E-state index < -0.39 is 0 Å². The zero-order valence-corrected chi connectivity index (χ0v) is 16.0. The van der Waals surface area contributed by atoms with Crippen molar-refractivity contribution in [3.8, 4) is 17.2 Å². The highest BCUT2D eigenvalue weighted by atomic mass is 32.1. The molecule has 6 nitrogen and oxygen atoms in total. The fourth-order valence-corrected chi connectivity index (χ4v) is 4.21. The molecule has 0 fully saturated rings. The SMILES string of the molecule is CCOc1ccc2c(c1)sc(=NC(=O)Cc1ccc3c(c1)OCO3)n2CC. The molecule has 0 aliphatic carbocycles. The summed E-state index contributed by atoms with van der Waals surface area (Å²) in [4.78, 5) is 17.6. The molecule has 0 saturated heterocycles. The van der Waals surface area contributed by atoms with E-state index in [4.69, 9.17) is 14.2 Å². The minimum atomic E-state index is -0.187. The van der Waals surface area contributed by atoms with Crippen molar-refractivity contribution in [2.45, 2.75) is 26.8 Å². The standard InChI is InChI=1S/C20H20N2O4S/c1-3-22-15-7-6-14(24-4-2)11-18(15)27-20(22)21-19(23)10-13-5-8-16-17(9-13)26-12-25-16/h5-9,11H,3-4,10,12H2,1-2H3. The average Bonchev–Trinajstić information content (AvgIpc) is 3.24. The number of ether oxygens (including phenoxy) is 3. The van der Waals surface area contributed by atoms with Gasteiger partial charge in [-0.25, -0.2) is 0 Å². The van der Waals surface area contributed by atoms with Gasteiger partial charge in [0.2, 0.25) is 6.79 Å². The Morgan fingerprint density at radius 2 is 2.04 bits per heavy atom.